The van der Waals surface area contributed by atoms with E-state index in [2.05, 4.69) is 22.2 Å². The number of fused-ring (bicyclic) bond motifs is 1. The molecule has 5 nitrogen and oxygen atoms in total. The Balaban J connectivity index is 1.69. The van der Waals surface area contributed by atoms with Crippen molar-refractivity contribution in [2.24, 2.45) is 10.9 Å². The zero-order chi connectivity index (χ0) is 20.9. The summed E-state index contributed by atoms with van der Waals surface area (Å²) in [6, 6.07) is 13.2. The highest BCUT2D eigenvalue weighted by molar-refractivity contribution is 7.16. The molecule has 1 aromatic carbocycles. The van der Waals surface area contributed by atoms with Crippen molar-refractivity contribution in [1.82, 2.24) is 4.98 Å². The summed E-state index contributed by atoms with van der Waals surface area (Å²) in [6.45, 7) is 4.73. The first-order chi connectivity index (χ1) is 14.7. The summed E-state index contributed by atoms with van der Waals surface area (Å²) in [7, 11) is 0. The summed E-state index contributed by atoms with van der Waals surface area (Å²) in [5.41, 5.74) is 3.26. The van der Waals surface area contributed by atoms with E-state index in [9.17, 15) is 4.79 Å². The number of nitrogens with one attached hydrogen (secondary N) is 1. The minimum absolute atomic E-state index is 0.137. The average molecular weight is 420 g/mol. The van der Waals surface area contributed by atoms with Gasteiger partial charge in [0.1, 0.15) is 10.8 Å². The minimum atomic E-state index is -0.137. The van der Waals surface area contributed by atoms with E-state index in [0.717, 1.165) is 35.5 Å². The maximum absolute atomic E-state index is 13.4. The van der Waals surface area contributed by atoms with Gasteiger partial charge in [0.2, 0.25) is 0 Å². The second-order valence-corrected chi connectivity index (χ2v) is 8.51. The second-order valence-electron chi connectivity index (χ2n) is 7.43. The van der Waals surface area contributed by atoms with Crippen molar-refractivity contribution in [3.8, 4) is 5.75 Å². The number of thiophene rings is 1. The largest absolute Gasteiger partial charge is 0.492 e. The Morgan fingerprint density at radius 2 is 2.13 bits per heavy atom. The maximum atomic E-state index is 13.4. The fourth-order valence-corrected chi connectivity index (χ4v) is 5.03. The number of rotatable bonds is 6. The number of hydrogen-bond acceptors (Lipinski definition) is 5. The van der Waals surface area contributed by atoms with Crippen LogP contribution in [-0.2, 0) is 12.8 Å². The lowest BCUT2D eigenvalue weighted by molar-refractivity contribution is 0.102. The molecule has 30 heavy (non-hydrogen) atoms. The van der Waals surface area contributed by atoms with Crippen LogP contribution < -0.4 is 10.1 Å². The molecule has 0 spiro atoms. The van der Waals surface area contributed by atoms with Crippen LogP contribution in [-0.4, -0.2) is 23.7 Å². The molecule has 1 atom stereocenters. The summed E-state index contributed by atoms with van der Waals surface area (Å²) in [4.78, 5) is 23.6. The molecule has 1 aliphatic carbocycles. The van der Waals surface area contributed by atoms with E-state index in [4.69, 9.17) is 4.74 Å². The van der Waals surface area contributed by atoms with Crippen LogP contribution in [0.3, 0.4) is 0 Å². The zero-order valence-corrected chi connectivity index (χ0v) is 18.0. The molecule has 0 bridgehead atoms. The Hall–Kier alpha value is -2.99. The summed E-state index contributed by atoms with van der Waals surface area (Å²) in [5, 5.41) is 3.79. The number of nitrogens with zero attached hydrogens (tertiary/aromatic N) is 2. The Bertz CT molecular complexity index is 1060. The molecule has 0 radical (unpaired) electrons. The van der Waals surface area contributed by atoms with E-state index < -0.39 is 0 Å². The van der Waals surface area contributed by atoms with Gasteiger partial charge in [-0.05, 0) is 61.9 Å². The lowest BCUT2D eigenvalue weighted by atomic mass is 9.88. The molecule has 1 N–H and O–H groups in total. The number of amides is 1. The van der Waals surface area contributed by atoms with Crippen molar-refractivity contribution in [2.75, 3.05) is 11.9 Å². The number of hydrogen-bond donors (Lipinski definition) is 1. The van der Waals surface area contributed by atoms with Crippen LogP contribution in [0, 0.1) is 5.92 Å². The summed E-state index contributed by atoms with van der Waals surface area (Å²) >= 11 is 1.62. The molecule has 1 aliphatic rings. The van der Waals surface area contributed by atoms with E-state index >= 15 is 0 Å². The number of aliphatic imine (C=N–C) groups is 1. The molecule has 0 saturated carbocycles. The summed E-state index contributed by atoms with van der Waals surface area (Å²) < 4.78 is 5.67. The number of anilines is 1. The van der Waals surface area contributed by atoms with Crippen LogP contribution in [0.4, 0.5) is 10.7 Å². The molecule has 154 valence electrons. The van der Waals surface area contributed by atoms with Gasteiger partial charge in [-0.2, -0.15) is 0 Å². The van der Waals surface area contributed by atoms with Gasteiger partial charge in [0.25, 0.3) is 5.91 Å². The number of pyridine rings is 1. The highest BCUT2D eigenvalue weighted by Gasteiger charge is 2.27. The maximum Gasteiger partial charge on any atom is 0.259 e. The molecular formula is C24H25N3O2S. The standard InChI is InChI=1S/C24H25N3O2S/c1-3-29-20-10-5-4-9-19(20)27-23(28)22-18-12-11-16(2)14-21(18)30-24(22)26-15-17-8-6-7-13-25-17/h4-10,13,15-16H,3,11-12,14H2,1-2H3,(H,27,28)/b26-15+. The average Bonchev–Trinajstić information content (AvgIpc) is 3.12. The van der Waals surface area contributed by atoms with Crippen molar-refractivity contribution in [1.29, 1.82) is 0 Å². The Kier molecular flexibility index (Phi) is 6.23. The van der Waals surface area contributed by atoms with Gasteiger partial charge in [0, 0.05) is 11.1 Å². The fourth-order valence-electron chi connectivity index (χ4n) is 3.67. The molecule has 0 saturated heterocycles. The van der Waals surface area contributed by atoms with Gasteiger partial charge in [0.15, 0.2) is 0 Å². The first-order valence-electron chi connectivity index (χ1n) is 10.3. The Morgan fingerprint density at radius 1 is 1.30 bits per heavy atom. The molecule has 0 aliphatic heterocycles. The number of benzene rings is 1. The molecule has 4 rings (SSSR count). The summed E-state index contributed by atoms with van der Waals surface area (Å²) in [5.74, 6) is 1.16. The van der Waals surface area contributed by atoms with E-state index in [1.807, 2.05) is 49.4 Å². The SMILES string of the molecule is CCOc1ccccc1NC(=O)c1c(/N=C/c2ccccn2)sc2c1CCC(C)C2. The van der Waals surface area contributed by atoms with Crippen molar-refractivity contribution in [2.45, 2.75) is 33.1 Å². The normalized spacial score (nSPS) is 15.7. The second kappa shape index (κ2) is 9.22. The number of carbonyl (C=O) groups excluding carboxylic acids is 1. The van der Waals surface area contributed by atoms with Gasteiger partial charge in [-0.15, -0.1) is 11.3 Å². The van der Waals surface area contributed by atoms with Gasteiger partial charge in [-0.25, -0.2) is 4.99 Å². The topological polar surface area (TPSA) is 63.6 Å². The van der Waals surface area contributed by atoms with Crippen LogP contribution in [0.25, 0.3) is 0 Å². The molecule has 2 aromatic heterocycles. The molecule has 3 aromatic rings. The van der Waals surface area contributed by atoms with Crippen molar-refractivity contribution in [3.63, 3.8) is 0 Å². The van der Waals surface area contributed by atoms with Gasteiger partial charge >= 0.3 is 0 Å². The van der Waals surface area contributed by atoms with E-state index in [1.54, 1.807) is 23.7 Å². The van der Waals surface area contributed by atoms with Crippen LogP contribution in [0.5, 0.6) is 5.75 Å². The summed E-state index contributed by atoms with van der Waals surface area (Å²) in [6.07, 6.45) is 6.45. The quantitative estimate of drug-likeness (QED) is 0.524. The highest BCUT2D eigenvalue weighted by atomic mass is 32.1. The smallest absolute Gasteiger partial charge is 0.259 e. The fraction of sp³-hybridized carbons (Fsp3) is 0.292. The van der Waals surface area contributed by atoms with Crippen LogP contribution >= 0.6 is 11.3 Å². The predicted octanol–water partition coefficient (Wildman–Crippen LogP) is 5.67. The van der Waals surface area contributed by atoms with E-state index in [-0.39, 0.29) is 5.91 Å². The number of para-hydroxylation sites is 2. The van der Waals surface area contributed by atoms with Gasteiger partial charge in [-0.3, -0.25) is 9.78 Å². The Morgan fingerprint density at radius 3 is 2.93 bits per heavy atom. The lowest BCUT2D eigenvalue weighted by Gasteiger charge is -2.19. The van der Waals surface area contributed by atoms with Gasteiger partial charge in [0.05, 0.1) is 29.8 Å². The third-order valence-electron chi connectivity index (χ3n) is 5.16. The molecule has 6 heteroatoms. The third kappa shape index (κ3) is 4.44. The van der Waals surface area contributed by atoms with Gasteiger partial charge in [-0.1, -0.05) is 25.1 Å². The van der Waals surface area contributed by atoms with E-state index in [0.29, 0.717) is 29.5 Å². The van der Waals surface area contributed by atoms with Crippen molar-refractivity contribution < 1.29 is 9.53 Å². The number of ether oxygens (including phenoxy) is 1. The monoisotopic (exact) mass is 419 g/mol. The molecular weight excluding hydrogens is 394 g/mol. The highest BCUT2D eigenvalue weighted by Crippen LogP contribution is 2.41. The molecule has 2 heterocycles. The van der Waals surface area contributed by atoms with Gasteiger partial charge < -0.3 is 10.1 Å². The van der Waals surface area contributed by atoms with E-state index in [1.165, 1.54) is 4.88 Å². The number of carbonyl (C=O) groups is 1. The van der Waals surface area contributed by atoms with Crippen LogP contribution in [0.15, 0.2) is 53.7 Å². The first-order valence-corrected chi connectivity index (χ1v) is 11.1. The van der Waals surface area contributed by atoms with Crippen molar-refractivity contribution in [3.05, 3.63) is 70.4 Å². The predicted molar refractivity (Wildman–Crippen MR) is 123 cm³/mol. The first kappa shape index (κ1) is 20.3. The lowest BCUT2D eigenvalue weighted by Crippen LogP contribution is -2.17. The number of aromatic nitrogens is 1. The molecule has 1 amide bonds. The van der Waals surface area contributed by atoms with Crippen LogP contribution in [0.1, 0.15) is 46.8 Å². The zero-order valence-electron chi connectivity index (χ0n) is 17.2. The minimum Gasteiger partial charge on any atom is -0.492 e. The third-order valence-corrected chi connectivity index (χ3v) is 6.32. The van der Waals surface area contributed by atoms with Crippen molar-refractivity contribution >= 4 is 34.1 Å². The van der Waals surface area contributed by atoms with Crippen LogP contribution in [0.2, 0.25) is 0 Å². The molecule has 0 fully saturated rings. The Labute approximate surface area is 180 Å². The molecule has 1 unspecified atom stereocenters.